The van der Waals surface area contributed by atoms with Gasteiger partial charge in [-0.1, -0.05) is 28.1 Å². The minimum absolute atomic E-state index is 0.0691. The number of aliphatic carboxylic acids is 1. The second-order valence-electron chi connectivity index (χ2n) is 3.80. The van der Waals surface area contributed by atoms with Crippen LogP contribution in [0.3, 0.4) is 0 Å². The second kappa shape index (κ2) is 6.56. The Bertz CT molecular complexity index is 525. The van der Waals surface area contributed by atoms with E-state index < -0.39 is 17.2 Å². The first-order chi connectivity index (χ1) is 8.82. The van der Waals surface area contributed by atoms with Gasteiger partial charge in [-0.3, -0.25) is 4.79 Å². The van der Waals surface area contributed by atoms with Crippen LogP contribution in [0.15, 0.2) is 24.3 Å². The van der Waals surface area contributed by atoms with Gasteiger partial charge in [0.25, 0.3) is 6.43 Å². The van der Waals surface area contributed by atoms with Crippen molar-refractivity contribution < 1.29 is 23.5 Å². The minimum Gasteiger partial charge on any atom is -0.478 e. The molecule has 6 heteroatoms. The van der Waals surface area contributed by atoms with Crippen molar-refractivity contribution in [1.82, 2.24) is 0 Å². The molecule has 0 saturated heterocycles. The van der Waals surface area contributed by atoms with E-state index in [0.717, 1.165) is 12.1 Å². The van der Waals surface area contributed by atoms with E-state index in [1.807, 2.05) is 0 Å². The van der Waals surface area contributed by atoms with Crippen LogP contribution in [-0.4, -0.2) is 21.7 Å². The maximum Gasteiger partial charge on any atom is 0.328 e. The first-order valence-corrected chi connectivity index (χ1v) is 6.26. The molecule has 0 amide bonds. The van der Waals surface area contributed by atoms with Crippen molar-refractivity contribution >= 4 is 33.8 Å². The Hall–Kier alpha value is -1.56. The summed E-state index contributed by atoms with van der Waals surface area (Å²) in [6, 6.07) is 3.57. The minimum atomic E-state index is -2.69. The Balaban J connectivity index is 3.30. The smallest absolute Gasteiger partial charge is 0.328 e. The Morgan fingerprint density at radius 1 is 1.37 bits per heavy atom. The molecule has 1 rings (SSSR count). The lowest BCUT2D eigenvalue weighted by molar-refractivity contribution is -0.131. The third-order valence-corrected chi connectivity index (χ3v) is 2.78. The normalized spacial score (nSPS) is 12.9. The number of Topliss-reactive ketones (excluding diaryl/α,β-unsaturated/α-hetero) is 1. The summed E-state index contributed by atoms with van der Waals surface area (Å²) < 4.78 is 25.2. The Kier molecular flexibility index (Phi) is 5.35. The van der Waals surface area contributed by atoms with Crippen molar-refractivity contribution in [3.8, 4) is 0 Å². The Morgan fingerprint density at radius 2 is 2.00 bits per heavy atom. The van der Waals surface area contributed by atoms with Crippen molar-refractivity contribution in [3.63, 3.8) is 0 Å². The predicted octanol–water partition coefficient (Wildman–Crippen LogP) is 3.69. The van der Waals surface area contributed by atoms with E-state index in [-0.39, 0.29) is 16.9 Å². The summed E-state index contributed by atoms with van der Waals surface area (Å²) in [5, 5.41) is 8.56. The number of halogens is 3. The zero-order valence-electron chi connectivity index (χ0n) is 9.94. The van der Waals surface area contributed by atoms with Crippen molar-refractivity contribution in [1.29, 1.82) is 0 Å². The highest BCUT2D eigenvalue weighted by Crippen LogP contribution is 2.24. The van der Waals surface area contributed by atoms with Crippen molar-refractivity contribution in [3.05, 3.63) is 41.0 Å². The molecule has 1 aromatic carbocycles. The summed E-state index contributed by atoms with van der Waals surface area (Å²) in [5.41, 5.74) is 0.0896. The zero-order valence-corrected chi connectivity index (χ0v) is 11.5. The molecule has 0 saturated carbocycles. The number of benzene rings is 1. The van der Waals surface area contributed by atoms with Crippen LogP contribution in [0.2, 0.25) is 0 Å². The molecule has 1 N–H and O–H groups in total. The van der Waals surface area contributed by atoms with Gasteiger partial charge in [0.05, 0.1) is 4.83 Å². The van der Waals surface area contributed by atoms with Gasteiger partial charge in [-0.05, 0) is 24.6 Å². The van der Waals surface area contributed by atoms with E-state index >= 15 is 0 Å². The van der Waals surface area contributed by atoms with Crippen molar-refractivity contribution in [2.45, 2.75) is 18.2 Å². The lowest BCUT2D eigenvalue weighted by atomic mass is 9.98. The molecule has 0 aromatic heterocycles. The van der Waals surface area contributed by atoms with Gasteiger partial charge in [-0.25, -0.2) is 13.6 Å². The fraction of sp³-hybridized carbons (Fsp3) is 0.231. The number of hydrogen-bond acceptors (Lipinski definition) is 2. The number of carbonyl (C=O) groups excluding carboxylic acids is 1. The maximum absolute atomic E-state index is 12.6. The van der Waals surface area contributed by atoms with Gasteiger partial charge >= 0.3 is 5.97 Å². The molecular weight excluding hydrogens is 322 g/mol. The van der Waals surface area contributed by atoms with Crippen LogP contribution in [0.1, 0.15) is 34.8 Å². The standard InChI is InChI=1S/C13H11BrF2O3/c1-7(14)12(19)10-6-9(13(15)16)3-2-8(10)4-5-11(17)18/h2-7,13H,1H3,(H,17,18). The maximum atomic E-state index is 12.6. The molecule has 0 heterocycles. The van der Waals surface area contributed by atoms with Crippen LogP contribution in [0.4, 0.5) is 8.78 Å². The predicted molar refractivity (Wildman–Crippen MR) is 70.8 cm³/mol. The fourth-order valence-electron chi connectivity index (χ4n) is 1.44. The fourth-order valence-corrected chi connectivity index (χ4v) is 1.69. The number of carboxylic acid groups (broad SMARTS) is 1. The summed E-state index contributed by atoms with van der Waals surface area (Å²) in [5.74, 6) is -1.56. The molecular formula is C13H11BrF2O3. The van der Waals surface area contributed by atoms with Gasteiger partial charge in [-0.15, -0.1) is 0 Å². The molecule has 0 spiro atoms. The number of alkyl halides is 3. The molecule has 1 atom stereocenters. The lowest BCUT2D eigenvalue weighted by Crippen LogP contribution is -2.12. The van der Waals surface area contributed by atoms with Gasteiger partial charge in [0, 0.05) is 17.2 Å². The molecule has 0 radical (unpaired) electrons. The average Bonchev–Trinajstić information content (AvgIpc) is 2.34. The Labute approximate surface area is 117 Å². The first kappa shape index (κ1) is 15.5. The van der Waals surface area contributed by atoms with E-state index in [2.05, 4.69) is 15.9 Å². The van der Waals surface area contributed by atoms with Crippen LogP contribution in [0.25, 0.3) is 6.08 Å². The molecule has 1 aromatic rings. The highest BCUT2D eigenvalue weighted by Gasteiger charge is 2.18. The van der Waals surface area contributed by atoms with E-state index in [1.54, 1.807) is 6.92 Å². The van der Waals surface area contributed by atoms with E-state index in [4.69, 9.17) is 5.11 Å². The number of rotatable bonds is 5. The molecule has 0 aliphatic heterocycles. The van der Waals surface area contributed by atoms with Crippen LogP contribution in [-0.2, 0) is 4.79 Å². The topological polar surface area (TPSA) is 54.4 Å². The molecule has 3 nitrogen and oxygen atoms in total. The van der Waals surface area contributed by atoms with Crippen LogP contribution < -0.4 is 0 Å². The number of carbonyl (C=O) groups is 2. The van der Waals surface area contributed by atoms with Crippen molar-refractivity contribution in [2.75, 3.05) is 0 Å². The number of hydrogen-bond donors (Lipinski definition) is 1. The monoisotopic (exact) mass is 332 g/mol. The van der Waals surface area contributed by atoms with Crippen LogP contribution in [0, 0.1) is 0 Å². The zero-order chi connectivity index (χ0) is 14.6. The summed E-state index contributed by atoms with van der Waals surface area (Å²) in [4.78, 5) is 21.8. The summed E-state index contributed by atoms with van der Waals surface area (Å²) in [6.07, 6.45) is -0.623. The molecule has 0 aliphatic carbocycles. The largest absolute Gasteiger partial charge is 0.478 e. The summed E-state index contributed by atoms with van der Waals surface area (Å²) in [6.45, 7) is 1.57. The van der Waals surface area contributed by atoms with Crippen LogP contribution in [0.5, 0.6) is 0 Å². The summed E-state index contributed by atoms with van der Waals surface area (Å²) in [7, 11) is 0. The number of carboxylic acids is 1. The van der Waals surface area contributed by atoms with Gasteiger partial charge in [-0.2, -0.15) is 0 Å². The van der Waals surface area contributed by atoms with E-state index in [9.17, 15) is 18.4 Å². The third kappa shape index (κ3) is 4.24. The SMILES string of the molecule is CC(Br)C(=O)c1cc(C(F)F)ccc1C=CC(=O)O. The lowest BCUT2D eigenvalue weighted by Gasteiger charge is -2.09. The number of ketones is 1. The van der Waals surface area contributed by atoms with E-state index in [0.29, 0.717) is 5.56 Å². The van der Waals surface area contributed by atoms with Gasteiger partial charge < -0.3 is 5.11 Å². The highest BCUT2D eigenvalue weighted by atomic mass is 79.9. The first-order valence-electron chi connectivity index (χ1n) is 5.34. The molecule has 102 valence electrons. The second-order valence-corrected chi connectivity index (χ2v) is 5.17. The van der Waals surface area contributed by atoms with Gasteiger partial charge in [0.1, 0.15) is 0 Å². The molecule has 0 fully saturated rings. The van der Waals surface area contributed by atoms with Crippen LogP contribution >= 0.6 is 15.9 Å². The summed E-state index contributed by atoms with van der Waals surface area (Å²) >= 11 is 3.07. The Morgan fingerprint density at radius 3 is 2.47 bits per heavy atom. The molecule has 1 unspecified atom stereocenters. The van der Waals surface area contributed by atoms with E-state index in [1.165, 1.54) is 18.2 Å². The van der Waals surface area contributed by atoms with Gasteiger partial charge in [0.15, 0.2) is 5.78 Å². The average molecular weight is 333 g/mol. The van der Waals surface area contributed by atoms with Crippen molar-refractivity contribution in [2.24, 2.45) is 0 Å². The molecule has 0 bridgehead atoms. The quantitative estimate of drug-likeness (QED) is 0.508. The third-order valence-electron chi connectivity index (χ3n) is 2.36. The van der Waals surface area contributed by atoms with Gasteiger partial charge in [0.2, 0.25) is 0 Å². The molecule has 0 aliphatic rings. The molecule has 19 heavy (non-hydrogen) atoms. The highest BCUT2D eigenvalue weighted by molar-refractivity contribution is 9.10.